The van der Waals surface area contributed by atoms with Crippen LogP contribution in [0.15, 0.2) is 30.3 Å². The zero-order valence-electron chi connectivity index (χ0n) is 17.2. The minimum Gasteiger partial charge on any atom is -0.494 e. The van der Waals surface area contributed by atoms with Crippen molar-refractivity contribution in [3.8, 4) is 11.5 Å². The molecule has 168 valence electrons. The van der Waals surface area contributed by atoms with Gasteiger partial charge in [0.15, 0.2) is 0 Å². The van der Waals surface area contributed by atoms with Crippen LogP contribution in [0, 0.1) is 5.82 Å². The predicted molar refractivity (Wildman–Crippen MR) is 109 cm³/mol. The van der Waals surface area contributed by atoms with Gasteiger partial charge in [-0.25, -0.2) is 4.39 Å². The third-order valence-electron chi connectivity index (χ3n) is 5.82. The van der Waals surface area contributed by atoms with E-state index in [1.807, 2.05) is 13.0 Å². The molecule has 2 aliphatic rings. The lowest BCUT2D eigenvalue weighted by Crippen LogP contribution is -2.55. The van der Waals surface area contributed by atoms with Gasteiger partial charge in [0, 0.05) is 18.9 Å². The van der Waals surface area contributed by atoms with Gasteiger partial charge in [-0.3, -0.25) is 0 Å². The Bertz CT molecular complexity index is 932. The molecule has 0 saturated carbocycles. The number of hydrogen-bond donors (Lipinski definition) is 4. The van der Waals surface area contributed by atoms with E-state index >= 15 is 0 Å². The quantitative estimate of drug-likeness (QED) is 0.542. The molecule has 8 heteroatoms. The van der Waals surface area contributed by atoms with E-state index in [4.69, 9.17) is 14.2 Å². The summed E-state index contributed by atoms with van der Waals surface area (Å²) in [5.74, 6) is 0.748. The lowest BCUT2D eigenvalue weighted by molar-refractivity contribution is -0.231. The van der Waals surface area contributed by atoms with Crippen LogP contribution in [0.3, 0.4) is 0 Å². The molecule has 2 aromatic rings. The summed E-state index contributed by atoms with van der Waals surface area (Å²) in [5, 5.41) is 40.2. The largest absolute Gasteiger partial charge is 0.494 e. The van der Waals surface area contributed by atoms with E-state index in [1.54, 1.807) is 18.2 Å². The Morgan fingerprint density at radius 2 is 1.87 bits per heavy atom. The van der Waals surface area contributed by atoms with E-state index in [0.29, 0.717) is 42.3 Å². The second-order valence-electron chi connectivity index (χ2n) is 7.88. The van der Waals surface area contributed by atoms with E-state index in [1.165, 1.54) is 6.07 Å². The first-order chi connectivity index (χ1) is 14.9. The highest BCUT2D eigenvalue weighted by molar-refractivity contribution is 5.50. The second-order valence-corrected chi connectivity index (χ2v) is 7.88. The van der Waals surface area contributed by atoms with Crippen LogP contribution in [0.4, 0.5) is 4.39 Å². The zero-order valence-corrected chi connectivity index (χ0v) is 17.2. The molecule has 0 amide bonds. The summed E-state index contributed by atoms with van der Waals surface area (Å²) < 4.78 is 31.5. The Kier molecular flexibility index (Phi) is 6.45. The maximum atomic E-state index is 14.6. The van der Waals surface area contributed by atoms with Crippen molar-refractivity contribution in [2.75, 3.05) is 19.8 Å². The number of rotatable bonds is 6. The minimum absolute atomic E-state index is 0.256. The van der Waals surface area contributed by atoms with Crippen molar-refractivity contribution in [2.45, 2.75) is 50.3 Å². The van der Waals surface area contributed by atoms with Gasteiger partial charge in [-0.2, -0.15) is 0 Å². The number of fused-ring (bicyclic) bond motifs is 1. The van der Waals surface area contributed by atoms with Gasteiger partial charge >= 0.3 is 0 Å². The lowest BCUT2D eigenvalue weighted by Gasteiger charge is -2.40. The van der Waals surface area contributed by atoms with Gasteiger partial charge in [0.05, 0.1) is 19.8 Å². The molecular formula is C23H27FO7. The Labute approximate surface area is 179 Å². The number of hydrogen-bond acceptors (Lipinski definition) is 7. The van der Waals surface area contributed by atoms with Gasteiger partial charge in [-0.05, 0) is 47.4 Å². The fourth-order valence-corrected chi connectivity index (χ4v) is 4.22. The van der Waals surface area contributed by atoms with Gasteiger partial charge in [0.25, 0.3) is 0 Å². The molecule has 0 aliphatic carbocycles. The molecule has 5 unspecified atom stereocenters. The zero-order chi connectivity index (χ0) is 22.1. The third-order valence-corrected chi connectivity index (χ3v) is 5.82. The number of ether oxygens (including phenoxy) is 3. The fraction of sp³-hybridized carbons (Fsp3) is 0.478. The van der Waals surface area contributed by atoms with Gasteiger partial charge in [-0.1, -0.05) is 6.07 Å². The van der Waals surface area contributed by atoms with Crippen LogP contribution in [0.2, 0.25) is 0 Å². The molecule has 2 heterocycles. The maximum absolute atomic E-state index is 14.6. The molecule has 2 aliphatic heterocycles. The van der Waals surface area contributed by atoms with Crippen molar-refractivity contribution in [2.24, 2.45) is 0 Å². The first kappa shape index (κ1) is 22.0. The SMILES string of the molecule is CCOc1ccc(Cc2cc(C3OC(CO)C(O)C(O)C3O)cc3c2OCC3)c(F)c1. The highest BCUT2D eigenvalue weighted by Gasteiger charge is 2.44. The van der Waals surface area contributed by atoms with Crippen molar-refractivity contribution in [1.29, 1.82) is 0 Å². The molecule has 0 bridgehead atoms. The standard InChI is InChI=1S/C23H27FO7/c1-2-29-16-4-3-12(17(24)10-16)7-14-9-15(8-13-5-6-30-22(13)14)23-21(28)20(27)19(26)18(11-25)31-23/h3-4,8-10,18-21,23,25-28H,2,5-7,11H2,1H3. The molecule has 0 radical (unpaired) electrons. The van der Waals surface area contributed by atoms with E-state index in [2.05, 4.69) is 0 Å². The summed E-state index contributed by atoms with van der Waals surface area (Å²) in [6, 6.07) is 8.31. The highest BCUT2D eigenvalue weighted by atomic mass is 19.1. The molecular weight excluding hydrogens is 407 g/mol. The second kappa shape index (κ2) is 9.10. The Morgan fingerprint density at radius 1 is 1.06 bits per heavy atom. The van der Waals surface area contributed by atoms with E-state index in [0.717, 1.165) is 11.1 Å². The number of aliphatic hydroxyl groups excluding tert-OH is 4. The van der Waals surface area contributed by atoms with Crippen molar-refractivity contribution < 1.29 is 39.0 Å². The molecule has 4 rings (SSSR count). The molecule has 0 aromatic heterocycles. The Hall–Kier alpha value is -2.23. The number of benzene rings is 2. The molecule has 2 aromatic carbocycles. The van der Waals surface area contributed by atoms with Gasteiger partial charge < -0.3 is 34.6 Å². The summed E-state index contributed by atoms with van der Waals surface area (Å²) >= 11 is 0. The van der Waals surface area contributed by atoms with Gasteiger partial charge in [-0.15, -0.1) is 0 Å². The molecule has 31 heavy (non-hydrogen) atoms. The first-order valence-corrected chi connectivity index (χ1v) is 10.4. The normalized spacial score (nSPS) is 27.6. The van der Waals surface area contributed by atoms with Crippen LogP contribution in [0.5, 0.6) is 11.5 Å². The van der Waals surface area contributed by atoms with E-state index < -0.39 is 42.9 Å². The minimum atomic E-state index is -1.47. The van der Waals surface area contributed by atoms with Crippen LogP contribution in [-0.2, 0) is 17.6 Å². The molecule has 1 saturated heterocycles. The summed E-state index contributed by atoms with van der Waals surface area (Å²) in [7, 11) is 0. The lowest BCUT2D eigenvalue weighted by atomic mass is 9.88. The first-order valence-electron chi connectivity index (χ1n) is 10.4. The van der Waals surface area contributed by atoms with Crippen LogP contribution in [0.1, 0.15) is 35.3 Å². The van der Waals surface area contributed by atoms with Gasteiger partial charge in [0.2, 0.25) is 0 Å². The fourth-order valence-electron chi connectivity index (χ4n) is 4.22. The van der Waals surface area contributed by atoms with Crippen molar-refractivity contribution in [3.63, 3.8) is 0 Å². The highest BCUT2D eigenvalue weighted by Crippen LogP contribution is 2.39. The predicted octanol–water partition coefficient (Wildman–Crippen LogP) is 1.26. The van der Waals surface area contributed by atoms with E-state index in [9.17, 15) is 24.8 Å². The molecule has 1 fully saturated rings. The molecule has 0 spiro atoms. The third kappa shape index (κ3) is 4.26. The topological polar surface area (TPSA) is 109 Å². The molecule has 4 N–H and O–H groups in total. The van der Waals surface area contributed by atoms with Crippen molar-refractivity contribution in [3.05, 3.63) is 58.4 Å². The molecule has 7 nitrogen and oxygen atoms in total. The van der Waals surface area contributed by atoms with E-state index in [-0.39, 0.29) is 6.42 Å². The number of halogens is 1. The van der Waals surface area contributed by atoms with Gasteiger partial charge in [0.1, 0.15) is 47.8 Å². The number of aliphatic hydroxyl groups is 4. The monoisotopic (exact) mass is 434 g/mol. The average Bonchev–Trinajstić information content (AvgIpc) is 3.23. The Balaban J connectivity index is 1.67. The Morgan fingerprint density at radius 3 is 2.58 bits per heavy atom. The van der Waals surface area contributed by atoms with Crippen molar-refractivity contribution in [1.82, 2.24) is 0 Å². The van der Waals surface area contributed by atoms with Crippen molar-refractivity contribution >= 4 is 0 Å². The summed E-state index contributed by atoms with van der Waals surface area (Å²) in [6.07, 6.45) is -5.32. The summed E-state index contributed by atoms with van der Waals surface area (Å²) in [6.45, 7) is 2.27. The van der Waals surface area contributed by atoms with Crippen LogP contribution in [-0.4, -0.2) is 64.7 Å². The van der Waals surface area contributed by atoms with Crippen LogP contribution < -0.4 is 9.47 Å². The van der Waals surface area contributed by atoms with Crippen LogP contribution in [0.25, 0.3) is 0 Å². The summed E-state index contributed by atoms with van der Waals surface area (Å²) in [4.78, 5) is 0. The smallest absolute Gasteiger partial charge is 0.130 e. The molecule has 5 atom stereocenters. The summed E-state index contributed by atoms with van der Waals surface area (Å²) in [5.41, 5.74) is 2.66. The average molecular weight is 434 g/mol. The maximum Gasteiger partial charge on any atom is 0.130 e. The van der Waals surface area contributed by atoms with Crippen LogP contribution >= 0.6 is 0 Å².